The Morgan fingerprint density at radius 2 is 1.69 bits per heavy atom. The van der Waals surface area contributed by atoms with Crippen LogP contribution < -0.4 is 0 Å². The average Bonchev–Trinajstić information content (AvgIpc) is 3.08. The second-order valence-corrected chi connectivity index (χ2v) is 7.41. The third kappa shape index (κ3) is 4.22. The summed E-state index contributed by atoms with van der Waals surface area (Å²) in [6.07, 6.45) is 6.44. The summed E-state index contributed by atoms with van der Waals surface area (Å²) in [6.45, 7) is 0. The van der Waals surface area contributed by atoms with Crippen molar-refractivity contribution < 1.29 is 4.39 Å². The normalized spacial score (nSPS) is 11.0. The molecule has 3 nitrogen and oxygen atoms in total. The first-order chi connectivity index (χ1) is 14.1. The lowest BCUT2D eigenvalue weighted by Crippen LogP contribution is -2.00. The molecule has 4 rings (SSSR count). The quantitative estimate of drug-likeness (QED) is 0.387. The van der Waals surface area contributed by atoms with Gasteiger partial charge in [0.2, 0.25) is 0 Å². The van der Waals surface area contributed by atoms with Gasteiger partial charge in [-0.3, -0.25) is 9.67 Å². The maximum absolute atomic E-state index is 13.7. The number of pyridine rings is 1. The molecule has 29 heavy (non-hydrogen) atoms. The topological polar surface area (TPSA) is 30.7 Å². The summed E-state index contributed by atoms with van der Waals surface area (Å²) >= 11 is 6.04. The first-order valence-electron chi connectivity index (χ1n) is 9.59. The lowest BCUT2D eigenvalue weighted by molar-refractivity contribution is 0.628. The molecule has 2 heterocycles. The standard InChI is InChI=1S/C24H21ClFN3/c1-29-22(9-5-8-17-6-3-2-4-7-17)23(18-12-14-27-15-13-18)24(28-29)19-10-11-21(26)20(25)16-19/h2-4,6-7,10-16H,5,8-9H2,1H3. The van der Waals surface area contributed by atoms with Crippen LogP contribution >= 0.6 is 11.6 Å². The van der Waals surface area contributed by atoms with E-state index in [-0.39, 0.29) is 5.02 Å². The molecule has 146 valence electrons. The van der Waals surface area contributed by atoms with Crippen molar-refractivity contribution in [2.45, 2.75) is 19.3 Å². The lowest BCUT2D eigenvalue weighted by atomic mass is 9.97. The molecule has 2 aromatic heterocycles. The second kappa shape index (κ2) is 8.58. The average molecular weight is 406 g/mol. The first kappa shape index (κ1) is 19.3. The highest BCUT2D eigenvalue weighted by molar-refractivity contribution is 6.31. The number of rotatable bonds is 6. The van der Waals surface area contributed by atoms with Gasteiger partial charge < -0.3 is 0 Å². The number of benzene rings is 2. The molecule has 0 aliphatic heterocycles. The third-order valence-electron chi connectivity index (χ3n) is 5.05. The van der Waals surface area contributed by atoms with Crippen molar-refractivity contribution in [3.63, 3.8) is 0 Å². The highest BCUT2D eigenvalue weighted by Crippen LogP contribution is 2.36. The molecule has 0 aliphatic carbocycles. The zero-order chi connectivity index (χ0) is 20.2. The molecule has 0 amide bonds. The molecule has 0 atom stereocenters. The molecule has 4 aromatic rings. The fourth-order valence-electron chi connectivity index (χ4n) is 3.62. The molecule has 2 aromatic carbocycles. The molecule has 0 unspecified atom stereocenters. The van der Waals surface area contributed by atoms with Gasteiger partial charge in [0, 0.05) is 36.3 Å². The Morgan fingerprint density at radius 3 is 2.41 bits per heavy atom. The predicted octanol–water partition coefficient (Wildman–Crippen LogP) is 6.12. The minimum absolute atomic E-state index is 0.0967. The molecule has 5 heteroatoms. The Morgan fingerprint density at radius 1 is 0.931 bits per heavy atom. The van der Waals surface area contributed by atoms with E-state index in [1.54, 1.807) is 24.5 Å². The van der Waals surface area contributed by atoms with Gasteiger partial charge in [0.15, 0.2) is 0 Å². The van der Waals surface area contributed by atoms with Gasteiger partial charge in [-0.15, -0.1) is 0 Å². The highest BCUT2D eigenvalue weighted by atomic mass is 35.5. The summed E-state index contributed by atoms with van der Waals surface area (Å²) < 4.78 is 15.6. The van der Waals surface area contributed by atoms with Gasteiger partial charge in [-0.25, -0.2) is 4.39 Å². The Kier molecular flexibility index (Phi) is 5.72. The molecule has 0 aliphatic rings. The number of halogens is 2. The van der Waals surface area contributed by atoms with Crippen LogP contribution in [0, 0.1) is 5.82 Å². The van der Waals surface area contributed by atoms with E-state index in [1.807, 2.05) is 29.9 Å². The molecule has 0 saturated heterocycles. The summed E-state index contributed by atoms with van der Waals surface area (Å²) in [5, 5.41) is 4.87. The van der Waals surface area contributed by atoms with Gasteiger partial charge >= 0.3 is 0 Å². The fourth-order valence-corrected chi connectivity index (χ4v) is 3.80. The van der Waals surface area contributed by atoms with Crippen molar-refractivity contribution >= 4 is 11.6 Å². The summed E-state index contributed by atoms with van der Waals surface area (Å²) in [7, 11) is 1.96. The van der Waals surface area contributed by atoms with E-state index in [0.29, 0.717) is 0 Å². The number of hydrogen-bond donors (Lipinski definition) is 0. The van der Waals surface area contributed by atoms with Crippen molar-refractivity contribution in [2.24, 2.45) is 7.05 Å². The Hall–Kier alpha value is -2.98. The predicted molar refractivity (Wildman–Crippen MR) is 115 cm³/mol. The van der Waals surface area contributed by atoms with Gasteiger partial charge in [0.25, 0.3) is 0 Å². The number of nitrogens with zero attached hydrogens (tertiary/aromatic N) is 3. The van der Waals surface area contributed by atoms with Gasteiger partial charge in [0.1, 0.15) is 11.5 Å². The summed E-state index contributed by atoms with van der Waals surface area (Å²) in [5.41, 5.74) is 6.15. The number of aryl methyl sites for hydroxylation is 2. The van der Waals surface area contributed by atoms with Crippen LogP contribution in [-0.4, -0.2) is 14.8 Å². The molecule has 0 fully saturated rings. The molecule has 0 bridgehead atoms. The smallest absolute Gasteiger partial charge is 0.141 e. The van der Waals surface area contributed by atoms with Crippen molar-refractivity contribution in [3.8, 4) is 22.4 Å². The summed E-state index contributed by atoms with van der Waals surface area (Å²) in [6, 6.07) is 19.2. The fraction of sp³-hybridized carbons (Fsp3) is 0.167. The Labute approximate surface area is 174 Å². The molecular weight excluding hydrogens is 385 g/mol. The monoisotopic (exact) mass is 405 g/mol. The van der Waals surface area contributed by atoms with Crippen molar-refractivity contribution in [3.05, 3.63) is 95.2 Å². The zero-order valence-corrected chi connectivity index (χ0v) is 16.9. The third-order valence-corrected chi connectivity index (χ3v) is 5.34. The van der Waals surface area contributed by atoms with Crippen LogP contribution in [0.3, 0.4) is 0 Å². The summed E-state index contributed by atoms with van der Waals surface area (Å²) in [4.78, 5) is 4.14. The maximum Gasteiger partial charge on any atom is 0.141 e. The first-order valence-corrected chi connectivity index (χ1v) is 9.97. The van der Waals surface area contributed by atoms with Crippen LogP contribution in [0.4, 0.5) is 4.39 Å². The van der Waals surface area contributed by atoms with E-state index < -0.39 is 5.82 Å². The number of aromatic nitrogens is 3. The zero-order valence-electron chi connectivity index (χ0n) is 16.1. The highest BCUT2D eigenvalue weighted by Gasteiger charge is 2.19. The van der Waals surface area contributed by atoms with Gasteiger partial charge in [-0.05, 0) is 60.7 Å². The van der Waals surface area contributed by atoms with Crippen molar-refractivity contribution in [1.82, 2.24) is 14.8 Å². The Bertz CT molecular complexity index is 1110. The van der Waals surface area contributed by atoms with Gasteiger partial charge in [-0.1, -0.05) is 41.9 Å². The van der Waals surface area contributed by atoms with E-state index in [9.17, 15) is 4.39 Å². The van der Waals surface area contributed by atoms with E-state index >= 15 is 0 Å². The number of hydrogen-bond acceptors (Lipinski definition) is 2. The molecule has 0 spiro atoms. The van der Waals surface area contributed by atoms with E-state index in [1.165, 1.54) is 11.6 Å². The van der Waals surface area contributed by atoms with E-state index in [0.717, 1.165) is 47.3 Å². The second-order valence-electron chi connectivity index (χ2n) is 7.00. The van der Waals surface area contributed by atoms with Gasteiger partial charge in [0.05, 0.1) is 5.02 Å². The molecule has 0 radical (unpaired) electrons. The minimum atomic E-state index is -0.431. The SMILES string of the molecule is Cn1nc(-c2ccc(F)c(Cl)c2)c(-c2ccncc2)c1CCCc1ccccc1. The molecule has 0 N–H and O–H groups in total. The van der Waals surface area contributed by atoms with Crippen molar-refractivity contribution in [1.29, 1.82) is 0 Å². The van der Waals surface area contributed by atoms with E-state index in [2.05, 4.69) is 29.2 Å². The molecule has 0 saturated carbocycles. The van der Waals surface area contributed by atoms with Crippen LogP contribution in [0.5, 0.6) is 0 Å². The van der Waals surface area contributed by atoms with Crippen molar-refractivity contribution in [2.75, 3.05) is 0 Å². The van der Waals surface area contributed by atoms with E-state index in [4.69, 9.17) is 16.7 Å². The van der Waals surface area contributed by atoms with Crippen LogP contribution in [0.25, 0.3) is 22.4 Å². The van der Waals surface area contributed by atoms with Crippen LogP contribution in [-0.2, 0) is 19.9 Å². The minimum Gasteiger partial charge on any atom is -0.271 e. The summed E-state index contributed by atoms with van der Waals surface area (Å²) in [5.74, 6) is -0.431. The van der Waals surface area contributed by atoms with Gasteiger partial charge in [-0.2, -0.15) is 5.10 Å². The Balaban J connectivity index is 1.72. The molecular formula is C24H21ClFN3. The van der Waals surface area contributed by atoms with Crippen LogP contribution in [0.1, 0.15) is 17.7 Å². The maximum atomic E-state index is 13.7. The largest absolute Gasteiger partial charge is 0.271 e. The van der Waals surface area contributed by atoms with Crippen LogP contribution in [0.15, 0.2) is 73.1 Å². The lowest BCUT2D eigenvalue weighted by Gasteiger charge is -2.09. The van der Waals surface area contributed by atoms with Crippen LogP contribution in [0.2, 0.25) is 5.02 Å².